The molecule has 14 heavy (non-hydrogen) atoms. The van der Waals surface area contributed by atoms with Crippen molar-refractivity contribution in [3.63, 3.8) is 0 Å². The molecule has 0 saturated heterocycles. The van der Waals surface area contributed by atoms with Gasteiger partial charge in [-0.15, -0.1) is 4.91 Å². The van der Waals surface area contributed by atoms with Crippen molar-refractivity contribution in [2.24, 2.45) is 5.18 Å². The lowest BCUT2D eigenvalue weighted by molar-refractivity contribution is 0.100. The first-order chi connectivity index (χ1) is 6.81. The number of carbonyl (C=O) groups excluding carboxylic acids is 1. The Morgan fingerprint density at radius 3 is 3.07 bits per heavy atom. The number of amides is 1. The minimum absolute atomic E-state index is 0.303. The molecule has 0 N–H and O–H groups in total. The molecule has 0 radical (unpaired) electrons. The first-order valence-electron chi connectivity index (χ1n) is 4.13. The SMILES string of the molecule is O=NC(=O)c1ccc2c(c1)CC=CO2. The van der Waals surface area contributed by atoms with E-state index in [2.05, 4.69) is 5.18 Å². The molecule has 4 heteroatoms. The van der Waals surface area contributed by atoms with Crippen LogP contribution in [0.2, 0.25) is 0 Å². The van der Waals surface area contributed by atoms with Gasteiger partial charge in [-0.05, 0) is 36.3 Å². The summed E-state index contributed by atoms with van der Waals surface area (Å²) in [6, 6.07) is 4.82. The van der Waals surface area contributed by atoms with Crippen molar-refractivity contribution < 1.29 is 9.53 Å². The van der Waals surface area contributed by atoms with Gasteiger partial charge in [0.2, 0.25) is 0 Å². The van der Waals surface area contributed by atoms with Gasteiger partial charge in [-0.1, -0.05) is 0 Å². The van der Waals surface area contributed by atoms with E-state index in [9.17, 15) is 9.70 Å². The summed E-state index contributed by atoms with van der Waals surface area (Å²) in [5, 5.41) is 2.36. The fraction of sp³-hybridized carbons (Fsp3) is 0.100. The molecule has 0 atom stereocenters. The van der Waals surface area contributed by atoms with E-state index in [0.717, 1.165) is 11.3 Å². The summed E-state index contributed by atoms with van der Waals surface area (Å²) in [6.45, 7) is 0. The zero-order valence-electron chi connectivity index (χ0n) is 7.27. The minimum Gasteiger partial charge on any atom is -0.465 e. The molecule has 1 aromatic rings. The van der Waals surface area contributed by atoms with Gasteiger partial charge >= 0.3 is 5.91 Å². The highest BCUT2D eigenvalue weighted by Crippen LogP contribution is 2.24. The largest absolute Gasteiger partial charge is 0.465 e. The Balaban J connectivity index is 2.40. The number of nitrogens with zero attached hydrogens (tertiary/aromatic N) is 1. The summed E-state index contributed by atoms with van der Waals surface area (Å²) in [5.41, 5.74) is 1.19. The predicted octanol–water partition coefficient (Wildman–Crippen LogP) is 2.04. The number of rotatable bonds is 1. The second-order valence-corrected chi connectivity index (χ2v) is 2.91. The van der Waals surface area contributed by atoms with Gasteiger partial charge in [0.05, 0.1) is 6.26 Å². The van der Waals surface area contributed by atoms with E-state index in [1.807, 2.05) is 6.08 Å². The van der Waals surface area contributed by atoms with Crippen molar-refractivity contribution in [3.05, 3.63) is 46.6 Å². The number of ether oxygens (including phenoxy) is 1. The van der Waals surface area contributed by atoms with Crippen LogP contribution in [-0.2, 0) is 6.42 Å². The highest BCUT2D eigenvalue weighted by molar-refractivity contribution is 5.95. The van der Waals surface area contributed by atoms with E-state index < -0.39 is 5.91 Å². The number of allylic oxidation sites excluding steroid dienone is 1. The zero-order chi connectivity index (χ0) is 9.97. The van der Waals surface area contributed by atoms with Crippen molar-refractivity contribution in [2.75, 3.05) is 0 Å². The molecule has 0 bridgehead atoms. The topological polar surface area (TPSA) is 55.7 Å². The van der Waals surface area contributed by atoms with E-state index in [0.29, 0.717) is 12.0 Å². The molecule has 70 valence electrons. The third kappa shape index (κ3) is 1.42. The van der Waals surface area contributed by atoms with Gasteiger partial charge in [-0.25, -0.2) is 0 Å². The van der Waals surface area contributed by atoms with Gasteiger partial charge in [0.15, 0.2) is 0 Å². The predicted molar refractivity (Wildman–Crippen MR) is 50.0 cm³/mol. The Bertz CT molecular complexity index is 423. The molecular formula is C10H7NO3. The average molecular weight is 189 g/mol. The van der Waals surface area contributed by atoms with E-state index >= 15 is 0 Å². The molecule has 1 heterocycles. The number of hydrogen-bond donors (Lipinski definition) is 0. The van der Waals surface area contributed by atoms with E-state index in [1.54, 1.807) is 18.4 Å². The highest BCUT2D eigenvalue weighted by Gasteiger charge is 2.11. The standard InChI is InChI=1S/C10H7NO3/c12-10(11-13)8-3-4-9-7(6-8)2-1-5-14-9/h1,3-6H,2H2. The zero-order valence-corrected chi connectivity index (χ0v) is 7.27. The number of carbonyl (C=O) groups is 1. The van der Waals surface area contributed by atoms with Crippen LogP contribution in [0.3, 0.4) is 0 Å². The molecule has 1 aromatic carbocycles. The van der Waals surface area contributed by atoms with Crippen LogP contribution >= 0.6 is 0 Å². The van der Waals surface area contributed by atoms with E-state index in [4.69, 9.17) is 4.74 Å². The normalized spacial score (nSPS) is 12.9. The first-order valence-corrected chi connectivity index (χ1v) is 4.13. The maximum Gasteiger partial charge on any atom is 0.316 e. The van der Waals surface area contributed by atoms with Gasteiger partial charge in [-0.2, -0.15) is 0 Å². The molecule has 0 aromatic heterocycles. The lowest BCUT2D eigenvalue weighted by Crippen LogP contribution is -2.00. The van der Waals surface area contributed by atoms with Crippen molar-refractivity contribution in [2.45, 2.75) is 6.42 Å². The average Bonchev–Trinajstić information content (AvgIpc) is 2.27. The van der Waals surface area contributed by atoms with E-state index in [-0.39, 0.29) is 0 Å². The number of hydrogen-bond acceptors (Lipinski definition) is 3. The molecule has 0 saturated carbocycles. The van der Waals surface area contributed by atoms with Gasteiger partial charge < -0.3 is 4.74 Å². The second-order valence-electron chi connectivity index (χ2n) is 2.91. The summed E-state index contributed by atoms with van der Waals surface area (Å²) in [4.78, 5) is 21.0. The molecule has 0 unspecified atom stereocenters. The quantitative estimate of drug-likeness (QED) is 0.635. The molecule has 0 fully saturated rings. The van der Waals surface area contributed by atoms with Crippen molar-refractivity contribution >= 4 is 5.91 Å². The van der Waals surface area contributed by atoms with Gasteiger partial charge in [-0.3, -0.25) is 4.79 Å². The summed E-state index contributed by atoms with van der Waals surface area (Å²) in [7, 11) is 0. The third-order valence-electron chi connectivity index (χ3n) is 2.02. The Morgan fingerprint density at radius 2 is 2.29 bits per heavy atom. The summed E-state index contributed by atoms with van der Waals surface area (Å²) < 4.78 is 5.19. The summed E-state index contributed by atoms with van der Waals surface area (Å²) in [5.74, 6) is -0.0303. The lowest BCUT2D eigenvalue weighted by atomic mass is 10.1. The lowest BCUT2D eigenvalue weighted by Gasteiger charge is -2.11. The second kappa shape index (κ2) is 3.41. The molecule has 1 amide bonds. The van der Waals surface area contributed by atoms with Crippen molar-refractivity contribution in [3.8, 4) is 5.75 Å². The molecule has 0 aliphatic carbocycles. The van der Waals surface area contributed by atoms with Crippen LogP contribution in [0, 0.1) is 4.91 Å². The van der Waals surface area contributed by atoms with Crippen LogP contribution in [-0.4, -0.2) is 5.91 Å². The van der Waals surface area contributed by atoms with E-state index in [1.165, 1.54) is 6.07 Å². The fourth-order valence-electron chi connectivity index (χ4n) is 1.34. The number of fused-ring (bicyclic) bond motifs is 1. The minimum atomic E-state index is -0.748. The van der Waals surface area contributed by atoms with Gasteiger partial charge in [0.1, 0.15) is 5.75 Å². The Hall–Kier alpha value is -1.97. The Kier molecular flexibility index (Phi) is 2.10. The molecule has 2 rings (SSSR count). The Morgan fingerprint density at radius 1 is 1.43 bits per heavy atom. The van der Waals surface area contributed by atoms with Crippen molar-refractivity contribution in [1.29, 1.82) is 0 Å². The summed E-state index contributed by atoms with van der Waals surface area (Å²) >= 11 is 0. The van der Waals surface area contributed by atoms with Crippen LogP contribution in [0.25, 0.3) is 0 Å². The maximum absolute atomic E-state index is 11.0. The Labute approximate surface area is 80.2 Å². The highest BCUT2D eigenvalue weighted by atomic mass is 16.5. The monoisotopic (exact) mass is 189 g/mol. The third-order valence-corrected chi connectivity index (χ3v) is 2.02. The first kappa shape index (κ1) is 8.62. The van der Waals surface area contributed by atoms with Crippen LogP contribution in [0.15, 0.2) is 35.7 Å². The maximum atomic E-state index is 11.0. The smallest absolute Gasteiger partial charge is 0.316 e. The van der Waals surface area contributed by atoms with Crippen LogP contribution in [0.5, 0.6) is 5.75 Å². The molecule has 0 spiro atoms. The molecule has 1 aliphatic rings. The van der Waals surface area contributed by atoms with Gasteiger partial charge in [0.25, 0.3) is 0 Å². The van der Waals surface area contributed by atoms with Crippen LogP contribution in [0.4, 0.5) is 0 Å². The van der Waals surface area contributed by atoms with Gasteiger partial charge in [0, 0.05) is 10.7 Å². The van der Waals surface area contributed by atoms with Crippen LogP contribution in [0.1, 0.15) is 15.9 Å². The number of benzene rings is 1. The molecular weight excluding hydrogens is 182 g/mol. The van der Waals surface area contributed by atoms with Crippen LogP contribution < -0.4 is 4.74 Å². The van der Waals surface area contributed by atoms with Crippen molar-refractivity contribution in [1.82, 2.24) is 0 Å². The summed E-state index contributed by atoms with van der Waals surface area (Å²) in [6.07, 6.45) is 4.14. The fourth-order valence-corrected chi connectivity index (χ4v) is 1.34. The molecule has 4 nitrogen and oxygen atoms in total. The number of nitroso groups, excluding NO2 is 1. The molecule has 1 aliphatic heterocycles.